The lowest BCUT2D eigenvalue weighted by Crippen LogP contribution is -2.34. The van der Waals surface area contributed by atoms with Gasteiger partial charge in [0.2, 0.25) is 0 Å². The highest BCUT2D eigenvalue weighted by molar-refractivity contribution is 5.93. The van der Waals surface area contributed by atoms with Gasteiger partial charge in [-0.25, -0.2) is 0 Å². The van der Waals surface area contributed by atoms with Gasteiger partial charge in [0.05, 0.1) is 5.69 Å². The fraction of sp³-hybridized carbons (Fsp3) is 0.600. The van der Waals surface area contributed by atoms with Crippen molar-refractivity contribution in [2.75, 3.05) is 25.1 Å². The lowest BCUT2D eigenvalue weighted by atomic mass is 10.1. The van der Waals surface area contributed by atoms with Gasteiger partial charge < -0.3 is 15.6 Å². The Morgan fingerprint density at radius 2 is 2.14 bits per heavy atom. The van der Waals surface area contributed by atoms with E-state index in [0.717, 1.165) is 32.5 Å². The summed E-state index contributed by atoms with van der Waals surface area (Å²) in [7, 11) is 0. The fourth-order valence-corrected chi connectivity index (χ4v) is 2.18. The quantitative estimate of drug-likeness (QED) is 0.476. The summed E-state index contributed by atoms with van der Waals surface area (Å²) in [4.78, 5) is 18.5. The number of nitrogens with one attached hydrogen (secondary N) is 2. The van der Waals surface area contributed by atoms with Gasteiger partial charge in [0.15, 0.2) is 0 Å². The normalized spacial score (nSPS) is 12.2. The zero-order valence-electron chi connectivity index (χ0n) is 13.2. The van der Waals surface area contributed by atoms with Gasteiger partial charge in [-0.2, -0.15) is 0 Å². The zero-order valence-corrected chi connectivity index (χ0v) is 13.2. The molecule has 0 bridgehead atoms. The van der Waals surface area contributed by atoms with Gasteiger partial charge in [-0.15, -0.1) is 0 Å². The second-order valence-electron chi connectivity index (χ2n) is 5.12. The van der Waals surface area contributed by atoms with Crippen LogP contribution >= 0.6 is 0 Å². The van der Waals surface area contributed by atoms with E-state index in [4.69, 9.17) is 5.84 Å². The lowest BCUT2D eigenvalue weighted by Gasteiger charge is -2.19. The molecule has 0 radical (unpaired) electrons. The van der Waals surface area contributed by atoms with Crippen LogP contribution < -0.4 is 16.6 Å². The first-order valence-electron chi connectivity index (χ1n) is 7.56. The minimum atomic E-state index is -0.164. The van der Waals surface area contributed by atoms with E-state index in [1.807, 2.05) is 6.92 Å². The first-order valence-corrected chi connectivity index (χ1v) is 7.56. The molecule has 0 aliphatic rings. The van der Waals surface area contributed by atoms with Gasteiger partial charge in [-0.3, -0.25) is 15.6 Å². The maximum Gasteiger partial charge on any atom is 0.270 e. The Kier molecular flexibility index (Phi) is 7.71. The molecule has 0 spiro atoms. The molecule has 0 fully saturated rings. The Morgan fingerprint density at radius 1 is 1.43 bits per heavy atom. The average molecular weight is 293 g/mol. The molecule has 0 aromatic carbocycles. The van der Waals surface area contributed by atoms with E-state index in [9.17, 15) is 4.79 Å². The number of carbonyl (C=O) groups is 1. The minimum absolute atomic E-state index is 0.129. The van der Waals surface area contributed by atoms with Crippen molar-refractivity contribution < 1.29 is 4.79 Å². The molecule has 6 nitrogen and oxygen atoms in total. The Balaban J connectivity index is 2.39. The molecule has 0 saturated heterocycles. The summed E-state index contributed by atoms with van der Waals surface area (Å²) in [5.74, 6) is 5.16. The van der Waals surface area contributed by atoms with Gasteiger partial charge in [0.25, 0.3) is 5.91 Å². The fourth-order valence-electron chi connectivity index (χ4n) is 2.18. The second-order valence-corrected chi connectivity index (χ2v) is 5.12. The summed E-state index contributed by atoms with van der Waals surface area (Å²) in [5.41, 5.74) is 3.56. The van der Waals surface area contributed by atoms with Gasteiger partial charge in [-0.1, -0.05) is 13.8 Å². The smallest absolute Gasteiger partial charge is 0.270 e. The lowest BCUT2D eigenvalue weighted by molar-refractivity contribution is 0.0932. The Labute approximate surface area is 127 Å². The van der Waals surface area contributed by atoms with Crippen LogP contribution in [-0.2, 0) is 0 Å². The van der Waals surface area contributed by atoms with Crippen molar-refractivity contribution in [3.63, 3.8) is 0 Å². The topological polar surface area (TPSA) is 83.3 Å². The van der Waals surface area contributed by atoms with Gasteiger partial charge >= 0.3 is 0 Å². The summed E-state index contributed by atoms with van der Waals surface area (Å²) in [6.07, 6.45) is 3.59. The van der Waals surface area contributed by atoms with Crippen LogP contribution in [0.3, 0.4) is 0 Å². The highest BCUT2D eigenvalue weighted by atomic mass is 16.1. The molecular formula is C15H27N5O. The molecule has 4 N–H and O–H groups in total. The van der Waals surface area contributed by atoms with Gasteiger partial charge in [-0.05, 0) is 51.5 Å². The maximum absolute atomic E-state index is 12.1. The van der Waals surface area contributed by atoms with Crippen molar-refractivity contribution in [2.24, 2.45) is 5.84 Å². The largest absolute Gasteiger partial charge is 0.348 e. The number of nitrogens with zero attached hydrogens (tertiary/aromatic N) is 2. The molecule has 0 aliphatic heterocycles. The van der Waals surface area contributed by atoms with Crippen LogP contribution in [0.2, 0.25) is 0 Å². The predicted octanol–water partition coefficient (Wildman–Crippen LogP) is 1.61. The van der Waals surface area contributed by atoms with Crippen LogP contribution in [0.25, 0.3) is 0 Å². The first-order chi connectivity index (χ1) is 10.1. The molecular weight excluding hydrogens is 266 g/mol. The molecule has 118 valence electrons. The molecule has 1 amide bonds. The van der Waals surface area contributed by atoms with Gasteiger partial charge in [0, 0.05) is 12.2 Å². The maximum atomic E-state index is 12.1. The summed E-state index contributed by atoms with van der Waals surface area (Å²) in [5, 5.41) is 2.97. The van der Waals surface area contributed by atoms with Crippen LogP contribution in [0.4, 0.5) is 5.69 Å². The van der Waals surface area contributed by atoms with Crippen molar-refractivity contribution >= 4 is 11.6 Å². The Bertz CT molecular complexity index is 434. The van der Waals surface area contributed by atoms with Crippen molar-refractivity contribution in [3.8, 4) is 0 Å². The molecule has 1 aromatic rings. The van der Waals surface area contributed by atoms with E-state index in [1.165, 1.54) is 0 Å². The molecule has 1 aromatic heterocycles. The van der Waals surface area contributed by atoms with E-state index in [1.54, 1.807) is 18.3 Å². The summed E-state index contributed by atoms with van der Waals surface area (Å²) >= 11 is 0. The standard InChI is InChI=1S/C15H27N5O/c1-4-20(5-2)10-6-7-12(3)18-15(21)14-11-13(19-16)8-9-17-14/h8-9,11-12H,4-7,10,16H2,1-3H3,(H,17,19)(H,18,21). The third-order valence-corrected chi connectivity index (χ3v) is 3.54. The van der Waals surface area contributed by atoms with Crippen molar-refractivity contribution in [3.05, 3.63) is 24.0 Å². The van der Waals surface area contributed by atoms with E-state index >= 15 is 0 Å². The summed E-state index contributed by atoms with van der Waals surface area (Å²) in [6, 6.07) is 3.48. The number of amides is 1. The van der Waals surface area contributed by atoms with Crippen molar-refractivity contribution in [1.29, 1.82) is 0 Å². The van der Waals surface area contributed by atoms with E-state index in [-0.39, 0.29) is 11.9 Å². The molecule has 21 heavy (non-hydrogen) atoms. The summed E-state index contributed by atoms with van der Waals surface area (Å²) < 4.78 is 0. The third-order valence-electron chi connectivity index (χ3n) is 3.54. The van der Waals surface area contributed by atoms with Crippen LogP contribution in [0, 0.1) is 0 Å². The van der Waals surface area contributed by atoms with E-state index < -0.39 is 0 Å². The zero-order chi connectivity index (χ0) is 15.7. The van der Waals surface area contributed by atoms with Crippen LogP contribution in [0.15, 0.2) is 18.3 Å². The van der Waals surface area contributed by atoms with Crippen LogP contribution in [0.5, 0.6) is 0 Å². The molecule has 1 unspecified atom stereocenters. The highest BCUT2D eigenvalue weighted by Gasteiger charge is 2.11. The number of rotatable bonds is 9. The molecule has 0 saturated carbocycles. The predicted molar refractivity (Wildman–Crippen MR) is 86.0 cm³/mol. The number of pyridine rings is 1. The van der Waals surface area contributed by atoms with E-state index in [2.05, 4.69) is 34.5 Å². The van der Waals surface area contributed by atoms with Gasteiger partial charge in [0.1, 0.15) is 5.69 Å². The summed E-state index contributed by atoms with van der Waals surface area (Å²) in [6.45, 7) is 9.56. The molecule has 1 heterocycles. The monoisotopic (exact) mass is 293 g/mol. The SMILES string of the molecule is CCN(CC)CCCC(C)NC(=O)c1cc(NN)ccn1. The van der Waals surface area contributed by atoms with Crippen LogP contribution in [0.1, 0.15) is 44.1 Å². The first kappa shape index (κ1) is 17.4. The van der Waals surface area contributed by atoms with Crippen molar-refractivity contribution in [2.45, 2.75) is 39.7 Å². The number of carbonyl (C=O) groups excluding carboxylic acids is 1. The number of nitrogens with two attached hydrogens (primary N) is 1. The average Bonchev–Trinajstić information content (AvgIpc) is 2.51. The second kappa shape index (κ2) is 9.31. The Morgan fingerprint density at radius 3 is 2.76 bits per heavy atom. The molecule has 1 atom stereocenters. The Hall–Kier alpha value is -1.66. The van der Waals surface area contributed by atoms with Crippen molar-refractivity contribution in [1.82, 2.24) is 15.2 Å². The highest BCUT2D eigenvalue weighted by Crippen LogP contribution is 2.07. The van der Waals surface area contributed by atoms with Crippen LogP contribution in [-0.4, -0.2) is 41.5 Å². The number of nitrogen functional groups attached to an aromatic ring is 1. The number of anilines is 1. The molecule has 0 aliphatic carbocycles. The third kappa shape index (κ3) is 6.10. The number of aromatic nitrogens is 1. The molecule has 6 heteroatoms. The number of hydrogen-bond acceptors (Lipinski definition) is 5. The number of hydrogen-bond donors (Lipinski definition) is 3. The molecule has 1 rings (SSSR count). The van der Waals surface area contributed by atoms with E-state index in [0.29, 0.717) is 11.4 Å². The number of hydrazine groups is 1. The minimum Gasteiger partial charge on any atom is -0.348 e.